The van der Waals surface area contributed by atoms with Gasteiger partial charge in [-0.1, -0.05) is 72.6 Å². The summed E-state index contributed by atoms with van der Waals surface area (Å²) in [4.78, 5) is 0. The van der Waals surface area contributed by atoms with Crippen molar-refractivity contribution in [3.8, 4) is 0 Å². The molecule has 0 radical (unpaired) electrons. The smallest absolute Gasteiger partial charge is 0.193 e. The summed E-state index contributed by atoms with van der Waals surface area (Å²) in [7, 11) is -1.46. The molecule has 0 aliphatic heterocycles. The van der Waals surface area contributed by atoms with Gasteiger partial charge in [-0.3, -0.25) is 0 Å². The van der Waals surface area contributed by atoms with E-state index in [1.165, 1.54) is 69.5 Å². The van der Waals surface area contributed by atoms with Crippen LogP contribution in [0.2, 0.25) is 18.1 Å². The third kappa shape index (κ3) is 8.86. The highest BCUT2D eigenvalue weighted by Gasteiger charge is 2.34. The van der Waals surface area contributed by atoms with Crippen molar-refractivity contribution in [1.82, 2.24) is 0 Å². The van der Waals surface area contributed by atoms with Gasteiger partial charge in [0, 0.05) is 6.10 Å². The topological polar surface area (TPSA) is 9.23 Å². The minimum atomic E-state index is -1.46. The van der Waals surface area contributed by atoms with Gasteiger partial charge in [0.05, 0.1) is 0 Å². The molecule has 0 saturated heterocycles. The standard InChI is InChI=1S/C17H38OSi/c1-6-10-14-19(15-11-7-2,16-12-8-3)18-17(5)13-9-4/h17H,6-16H2,1-5H3. The quantitative estimate of drug-likeness (QED) is 0.349. The van der Waals surface area contributed by atoms with Gasteiger partial charge < -0.3 is 4.43 Å². The fourth-order valence-electron chi connectivity index (χ4n) is 2.94. The largest absolute Gasteiger partial charge is 0.414 e. The molecule has 0 bridgehead atoms. The summed E-state index contributed by atoms with van der Waals surface area (Å²) in [6.07, 6.45) is 11.0. The maximum Gasteiger partial charge on any atom is 0.193 e. The van der Waals surface area contributed by atoms with Crippen LogP contribution in [-0.4, -0.2) is 14.4 Å². The molecular formula is C17H38OSi. The zero-order valence-corrected chi connectivity index (χ0v) is 15.3. The van der Waals surface area contributed by atoms with E-state index in [1.807, 2.05) is 0 Å². The van der Waals surface area contributed by atoms with Gasteiger partial charge in [0.15, 0.2) is 8.32 Å². The molecule has 0 aromatic carbocycles. The van der Waals surface area contributed by atoms with Gasteiger partial charge in [0.2, 0.25) is 0 Å². The Morgan fingerprint density at radius 1 is 0.737 bits per heavy atom. The lowest BCUT2D eigenvalue weighted by Gasteiger charge is -2.35. The lowest BCUT2D eigenvalue weighted by atomic mass is 10.2. The highest BCUT2D eigenvalue weighted by molar-refractivity contribution is 6.73. The second-order valence-electron chi connectivity index (χ2n) is 6.21. The molecule has 1 unspecified atom stereocenters. The molecule has 0 rings (SSSR count). The summed E-state index contributed by atoms with van der Waals surface area (Å²) in [6, 6.07) is 4.20. The van der Waals surface area contributed by atoms with E-state index < -0.39 is 8.32 Å². The van der Waals surface area contributed by atoms with Crippen LogP contribution in [-0.2, 0) is 4.43 Å². The van der Waals surface area contributed by atoms with Gasteiger partial charge in [-0.05, 0) is 31.5 Å². The van der Waals surface area contributed by atoms with E-state index in [1.54, 1.807) is 0 Å². The van der Waals surface area contributed by atoms with Crippen molar-refractivity contribution in [1.29, 1.82) is 0 Å². The van der Waals surface area contributed by atoms with Gasteiger partial charge in [0.1, 0.15) is 0 Å². The van der Waals surface area contributed by atoms with Crippen molar-refractivity contribution in [3.05, 3.63) is 0 Å². The monoisotopic (exact) mass is 286 g/mol. The van der Waals surface area contributed by atoms with Crippen LogP contribution >= 0.6 is 0 Å². The van der Waals surface area contributed by atoms with Crippen LogP contribution < -0.4 is 0 Å². The Kier molecular flexibility index (Phi) is 12.1. The minimum Gasteiger partial charge on any atom is -0.414 e. The molecule has 0 heterocycles. The van der Waals surface area contributed by atoms with E-state index >= 15 is 0 Å². The van der Waals surface area contributed by atoms with Gasteiger partial charge in [0.25, 0.3) is 0 Å². The van der Waals surface area contributed by atoms with Gasteiger partial charge >= 0.3 is 0 Å². The summed E-state index contributed by atoms with van der Waals surface area (Å²) in [5.74, 6) is 0. The molecule has 0 saturated carbocycles. The molecule has 19 heavy (non-hydrogen) atoms. The number of rotatable bonds is 13. The summed E-state index contributed by atoms with van der Waals surface area (Å²) in [5.41, 5.74) is 0. The lowest BCUT2D eigenvalue weighted by Crippen LogP contribution is -2.41. The molecule has 1 nitrogen and oxygen atoms in total. The number of hydrogen-bond donors (Lipinski definition) is 0. The van der Waals surface area contributed by atoms with Crippen molar-refractivity contribution in [2.24, 2.45) is 0 Å². The molecular weight excluding hydrogens is 248 g/mol. The molecule has 1 atom stereocenters. The van der Waals surface area contributed by atoms with Gasteiger partial charge in [-0.2, -0.15) is 0 Å². The Hall–Kier alpha value is 0.177. The van der Waals surface area contributed by atoms with Crippen LogP contribution in [0, 0.1) is 0 Å². The minimum absolute atomic E-state index is 0.488. The average molecular weight is 287 g/mol. The third-order valence-corrected chi connectivity index (χ3v) is 8.80. The SMILES string of the molecule is CCCC[Si](CCCC)(CCCC)OC(C)CCC. The van der Waals surface area contributed by atoms with Gasteiger partial charge in [-0.25, -0.2) is 0 Å². The maximum absolute atomic E-state index is 6.72. The second-order valence-corrected chi connectivity index (χ2v) is 10.3. The Morgan fingerprint density at radius 2 is 1.16 bits per heavy atom. The predicted molar refractivity (Wildman–Crippen MR) is 90.4 cm³/mol. The van der Waals surface area contributed by atoms with Crippen LogP contribution in [0.4, 0.5) is 0 Å². The molecule has 0 N–H and O–H groups in total. The van der Waals surface area contributed by atoms with E-state index in [9.17, 15) is 0 Å². The molecule has 0 aliphatic rings. The van der Waals surface area contributed by atoms with Crippen LogP contribution in [0.15, 0.2) is 0 Å². The fourth-order valence-corrected chi connectivity index (χ4v) is 8.01. The lowest BCUT2D eigenvalue weighted by molar-refractivity contribution is 0.191. The summed E-state index contributed by atoms with van der Waals surface area (Å²) < 4.78 is 6.72. The first-order chi connectivity index (χ1) is 9.14. The van der Waals surface area contributed by atoms with Crippen LogP contribution in [0.5, 0.6) is 0 Å². The molecule has 0 fully saturated rings. The predicted octanol–water partition coefficient (Wildman–Crippen LogP) is 6.54. The van der Waals surface area contributed by atoms with Crippen molar-refractivity contribution in [2.75, 3.05) is 0 Å². The summed E-state index contributed by atoms with van der Waals surface area (Å²) in [6.45, 7) is 11.5. The van der Waals surface area contributed by atoms with Crippen molar-refractivity contribution >= 4 is 8.32 Å². The molecule has 2 heteroatoms. The first-order valence-corrected chi connectivity index (χ1v) is 11.3. The van der Waals surface area contributed by atoms with Crippen LogP contribution in [0.25, 0.3) is 0 Å². The summed E-state index contributed by atoms with van der Waals surface area (Å²) >= 11 is 0. The van der Waals surface area contributed by atoms with Crippen LogP contribution in [0.1, 0.15) is 86.0 Å². The Balaban J connectivity index is 4.65. The van der Waals surface area contributed by atoms with E-state index in [2.05, 4.69) is 34.6 Å². The normalized spacial score (nSPS) is 13.7. The number of unbranched alkanes of at least 4 members (excludes halogenated alkanes) is 3. The first kappa shape index (κ1) is 19.2. The third-order valence-electron chi connectivity index (χ3n) is 4.10. The molecule has 0 spiro atoms. The number of hydrogen-bond acceptors (Lipinski definition) is 1. The second kappa shape index (κ2) is 12.0. The highest BCUT2D eigenvalue weighted by atomic mass is 28.4. The maximum atomic E-state index is 6.72. The van der Waals surface area contributed by atoms with E-state index in [-0.39, 0.29) is 0 Å². The van der Waals surface area contributed by atoms with E-state index in [0.717, 1.165) is 0 Å². The molecule has 0 amide bonds. The average Bonchev–Trinajstić information content (AvgIpc) is 2.40. The molecule has 0 aromatic heterocycles. The van der Waals surface area contributed by atoms with Crippen LogP contribution in [0.3, 0.4) is 0 Å². The fraction of sp³-hybridized carbons (Fsp3) is 1.00. The summed E-state index contributed by atoms with van der Waals surface area (Å²) in [5, 5.41) is 0. The van der Waals surface area contributed by atoms with Crippen molar-refractivity contribution in [2.45, 2.75) is 110 Å². The van der Waals surface area contributed by atoms with E-state index in [4.69, 9.17) is 4.43 Å². The molecule has 116 valence electrons. The first-order valence-electron chi connectivity index (χ1n) is 8.81. The Labute approximate surface area is 123 Å². The molecule has 0 aromatic rings. The van der Waals surface area contributed by atoms with Crippen molar-refractivity contribution < 1.29 is 4.43 Å². The van der Waals surface area contributed by atoms with Crippen molar-refractivity contribution in [3.63, 3.8) is 0 Å². The Bertz CT molecular complexity index is 172. The Morgan fingerprint density at radius 3 is 1.47 bits per heavy atom. The zero-order chi connectivity index (χ0) is 14.6. The van der Waals surface area contributed by atoms with Gasteiger partial charge in [-0.15, -0.1) is 0 Å². The highest BCUT2D eigenvalue weighted by Crippen LogP contribution is 2.31. The molecule has 0 aliphatic carbocycles. The van der Waals surface area contributed by atoms with E-state index in [0.29, 0.717) is 6.10 Å². The zero-order valence-electron chi connectivity index (χ0n) is 14.3.